The highest BCUT2D eigenvalue weighted by atomic mass is 16.1. The molecule has 0 amide bonds. The Kier molecular flexibility index (Phi) is 2.24. The Hall–Kier alpha value is -1.64. The SMILES string of the molecule is O=C1CCC(n2ccc3cccnc32)CC1. The second kappa shape index (κ2) is 3.74. The predicted molar refractivity (Wildman–Crippen MR) is 62.2 cm³/mol. The van der Waals surface area contributed by atoms with Crippen LogP contribution in [0.1, 0.15) is 31.7 Å². The van der Waals surface area contributed by atoms with Crippen LogP contribution in [-0.4, -0.2) is 15.3 Å². The van der Waals surface area contributed by atoms with Gasteiger partial charge in [0.15, 0.2) is 0 Å². The van der Waals surface area contributed by atoms with Crippen LogP contribution < -0.4 is 0 Å². The first-order valence-corrected chi connectivity index (χ1v) is 5.78. The van der Waals surface area contributed by atoms with E-state index in [4.69, 9.17) is 0 Å². The van der Waals surface area contributed by atoms with Crippen LogP contribution in [0.3, 0.4) is 0 Å². The van der Waals surface area contributed by atoms with E-state index in [9.17, 15) is 4.79 Å². The van der Waals surface area contributed by atoms with Crippen LogP contribution in [0, 0.1) is 0 Å². The Morgan fingerprint density at radius 3 is 2.88 bits per heavy atom. The van der Waals surface area contributed by atoms with Gasteiger partial charge in [0, 0.05) is 36.7 Å². The van der Waals surface area contributed by atoms with E-state index in [1.807, 2.05) is 12.3 Å². The molecule has 3 heteroatoms. The molecule has 0 aliphatic heterocycles. The highest BCUT2D eigenvalue weighted by Gasteiger charge is 2.21. The van der Waals surface area contributed by atoms with Crippen LogP contribution in [0.15, 0.2) is 30.6 Å². The Morgan fingerprint density at radius 2 is 2.06 bits per heavy atom. The van der Waals surface area contributed by atoms with Crippen molar-refractivity contribution in [2.45, 2.75) is 31.7 Å². The molecule has 0 N–H and O–H groups in total. The zero-order valence-corrected chi connectivity index (χ0v) is 9.10. The molecule has 0 aromatic carbocycles. The van der Waals surface area contributed by atoms with Gasteiger partial charge in [0.25, 0.3) is 0 Å². The van der Waals surface area contributed by atoms with Crippen LogP contribution in [0.5, 0.6) is 0 Å². The largest absolute Gasteiger partial charge is 0.329 e. The molecule has 1 aliphatic rings. The fourth-order valence-corrected chi connectivity index (χ4v) is 2.48. The van der Waals surface area contributed by atoms with Crippen molar-refractivity contribution in [2.24, 2.45) is 0 Å². The van der Waals surface area contributed by atoms with E-state index >= 15 is 0 Å². The number of pyridine rings is 1. The first-order chi connectivity index (χ1) is 7.84. The highest BCUT2D eigenvalue weighted by molar-refractivity contribution is 5.79. The first-order valence-electron chi connectivity index (χ1n) is 5.78. The fraction of sp³-hybridized carbons (Fsp3) is 0.385. The predicted octanol–water partition coefficient (Wildman–Crippen LogP) is 2.72. The van der Waals surface area contributed by atoms with Gasteiger partial charge in [-0.15, -0.1) is 0 Å². The molecule has 3 nitrogen and oxygen atoms in total. The van der Waals surface area contributed by atoms with Crippen LogP contribution in [0.2, 0.25) is 0 Å². The molecular weight excluding hydrogens is 200 g/mol. The molecule has 0 radical (unpaired) electrons. The molecule has 2 heterocycles. The zero-order chi connectivity index (χ0) is 11.0. The molecule has 1 fully saturated rings. The summed E-state index contributed by atoms with van der Waals surface area (Å²) in [6.07, 6.45) is 7.28. The maximum absolute atomic E-state index is 11.2. The Morgan fingerprint density at radius 1 is 1.25 bits per heavy atom. The van der Waals surface area contributed by atoms with Crippen molar-refractivity contribution in [3.05, 3.63) is 30.6 Å². The number of Topliss-reactive ketones (excluding diaryl/α,β-unsaturated/α-hetero) is 1. The number of rotatable bonds is 1. The summed E-state index contributed by atoms with van der Waals surface area (Å²) in [6.45, 7) is 0. The monoisotopic (exact) mass is 214 g/mol. The lowest BCUT2D eigenvalue weighted by atomic mass is 9.94. The lowest BCUT2D eigenvalue weighted by molar-refractivity contribution is -0.120. The van der Waals surface area contributed by atoms with Crippen LogP contribution in [0.4, 0.5) is 0 Å². The van der Waals surface area contributed by atoms with E-state index in [0.29, 0.717) is 11.8 Å². The molecule has 2 aromatic rings. The van der Waals surface area contributed by atoms with Crippen molar-refractivity contribution in [3.8, 4) is 0 Å². The maximum Gasteiger partial charge on any atom is 0.140 e. The molecule has 0 bridgehead atoms. The number of ketones is 1. The van der Waals surface area contributed by atoms with Crippen molar-refractivity contribution in [2.75, 3.05) is 0 Å². The molecule has 1 saturated carbocycles. The number of hydrogen-bond acceptors (Lipinski definition) is 2. The maximum atomic E-state index is 11.2. The Bertz CT molecular complexity index is 519. The molecule has 2 aromatic heterocycles. The fourth-order valence-electron chi connectivity index (χ4n) is 2.48. The Labute approximate surface area is 94.1 Å². The molecule has 1 aliphatic carbocycles. The van der Waals surface area contributed by atoms with Gasteiger partial charge in [-0.25, -0.2) is 4.98 Å². The number of hydrogen-bond donors (Lipinski definition) is 0. The average molecular weight is 214 g/mol. The van der Waals surface area contributed by atoms with E-state index < -0.39 is 0 Å². The van der Waals surface area contributed by atoms with Crippen LogP contribution in [-0.2, 0) is 4.79 Å². The van der Waals surface area contributed by atoms with Gasteiger partial charge in [-0.1, -0.05) is 0 Å². The second-order valence-electron chi connectivity index (χ2n) is 4.41. The summed E-state index contributed by atoms with van der Waals surface area (Å²) in [4.78, 5) is 15.6. The summed E-state index contributed by atoms with van der Waals surface area (Å²) in [5.41, 5.74) is 1.04. The van der Waals surface area contributed by atoms with Gasteiger partial charge in [0.2, 0.25) is 0 Å². The van der Waals surface area contributed by atoms with E-state index in [2.05, 4.69) is 27.9 Å². The van der Waals surface area contributed by atoms with Crippen LogP contribution >= 0.6 is 0 Å². The standard InChI is InChI=1S/C13H14N2O/c16-12-5-3-11(4-6-12)15-9-7-10-2-1-8-14-13(10)15/h1-2,7-9,11H,3-6H2. The van der Waals surface area contributed by atoms with Crippen LogP contribution in [0.25, 0.3) is 11.0 Å². The third-order valence-electron chi connectivity index (χ3n) is 3.38. The molecular formula is C13H14N2O. The summed E-state index contributed by atoms with van der Waals surface area (Å²) >= 11 is 0. The number of nitrogens with zero attached hydrogens (tertiary/aromatic N) is 2. The summed E-state index contributed by atoms with van der Waals surface area (Å²) < 4.78 is 2.22. The molecule has 0 saturated heterocycles. The summed E-state index contributed by atoms with van der Waals surface area (Å²) in [5.74, 6) is 0.403. The van der Waals surface area contributed by atoms with Gasteiger partial charge in [-0.3, -0.25) is 4.79 Å². The van der Waals surface area contributed by atoms with Gasteiger partial charge in [-0.05, 0) is 31.0 Å². The molecule has 16 heavy (non-hydrogen) atoms. The van der Waals surface area contributed by atoms with Gasteiger partial charge < -0.3 is 4.57 Å². The van der Waals surface area contributed by atoms with E-state index in [1.165, 1.54) is 5.39 Å². The third kappa shape index (κ3) is 1.52. The second-order valence-corrected chi connectivity index (χ2v) is 4.41. The van der Waals surface area contributed by atoms with E-state index in [1.54, 1.807) is 0 Å². The van der Waals surface area contributed by atoms with Gasteiger partial charge in [-0.2, -0.15) is 0 Å². The Balaban J connectivity index is 1.97. The lowest BCUT2D eigenvalue weighted by Crippen LogP contribution is -2.17. The highest BCUT2D eigenvalue weighted by Crippen LogP contribution is 2.29. The number of carbonyl (C=O) groups excluding carboxylic acids is 1. The van der Waals surface area contributed by atoms with Gasteiger partial charge in [0.05, 0.1) is 0 Å². The topological polar surface area (TPSA) is 34.9 Å². The molecule has 3 rings (SSSR count). The molecule has 0 spiro atoms. The third-order valence-corrected chi connectivity index (χ3v) is 3.38. The van der Waals surface area contributed by atoms with Crippen molar-refractivity contribution in [1.29, 1.82) is 0 Å². The smallest absolute Gasteiger partial charge is 0.140 e. The minimum absolute atomic E-state index is 0.403. The summed E-state index contributed by atoms with van der Waals surface area (Å²) in [7, 11) is 0. The molecule has 82 valence electrons. The number of fused-ring (bicyclic) bond motifs is 1. The zero-order valence-electron chi connectivity index (χ0n) is 9.10. The molecule has 0 atom stereocenters. The quantitative estimate of drug-likeness (QED) is 0.731. The first kappa shape index (κ1) is 9.58. The molecule has 0 unspecified atom stereocenters. The van der Waals surface area contributed by atoms with E-state index in [0.717, 1.165) is 31.3 Å². The van der Waals surface area contributed by atoms with Crippen molar-refractivity contribution in [1.82, 2.24) is 9.55 Å². The van der Waals surface area contributed by atoms with Crippen molar-refractivity contribution < 1.29 is 4.79 Å². The lowest BCUT2D eigenvalue weighted by Gasteiger charge is -2.23. The normalized spacial score (nSPS) is 18.1. The average Bonchev–Trinajstić information content (AvgIpc) is 2.74. The van der Waals surface area contributed by atoms with Gasteiger partial charge >= 0.3 is 0 Å². The summed E-state index contributed by atoms with van der Waals surface area (Å²) in [6, 6.07) is 6.58. The summed E-state index contributed by atoms with van der Waals surface area (Å²) in [5, 5.41) is 1.18. The van der Waals surface area contributed by atoms with Crippen molar-refractivity contribution >= 4 is 16.8 Å². The van der Waals surface area contributed by atoms with Gasteiger partial charge in [0.1, 0.15) is 11.4 Å². The number of carbonyl (C=O) groups is 1. The van der Waals surface area contributed by atoms with E-state index in [-0.39, 0.29) is 0 Å². The number of aromatic nitrogens is 2. The minimum atomic E-state index is 0.403. The minimum Gasteiger partial charge on any atom is -0.329 e. The van der Waals surface area contributed by atoms with Crippen molar-refractivity contribution in [3.63, 3.8) is 0 Å².